The number of carbonyl (C=O) groups excluding carboxylic acids is 1. The highest BCUT2D eigenvalue weighted by Crippen LogP contribution is 2.02. The van der Waals surface area contributed by atoms with Crippen molar-refractivity contribution in [3.63, 3.8) is 0 Å². The lowest BCUT2D eigenvalue weighted by Gasteiger charge is -2.31. The summed E-state index contributed by atoms with van der Waals surface area (Å²) in [7, 11) is 0. The predicted octanol–water partition coefficient (Wildman–Crippen LogP) is 1.15. The van der Waals surface area contributed by atoms with Gasteiger partial charge < -0.3 is 15.1 Å². The number of hydrogen-bond donors (Lipinski definition) is 2. The molecule has 0 atom stereocenters. The highest BCUT2D eigenvalue weighted by molar-refractivity contribution is 5.97. The summed E-state index contributed by atoms with van der Waals surface area (Å²) >= 11 is 0. The molecule has 0 saturated carbocycles. The highest BCUT2D eigenvalue weighted by Gasteiger charge is 2.19. The maximum atomic E-state index is 12.3. The summed E-state index contributed by atoms with van der Waals surface area (Å²) in [5.74, 6) is -0.294. The van der Waals surface area contributed by atoms with Gasteiger partial charge >= 0.3 is 0 Å². The van der Waals surface area contributed by atoms with E-state index in [-0.39, 0.29) is 11.5 Å². The molecule has 2 aromatic carbocycles. The third-order valence-corrected chi connectivity index (χ3v) is 5.02. The molecule has 1 amide bonds. The summed E-state index contributed by atoms with van der Waals surface area (Å²) in [5, 5.41) is 12.2. The molecule has 144 valence electrons. The average Bonchev–Trinajstić information content (AvgIpc) is 2.74. The van der Waals surface area contributed by atoms with E-state index in [9.17, 15) is 10.1 Å². The Balaban J connectivity index is 1.45. The van der Waals surface area contributed by atoms with Crippen LogP contribution in [0.3, 0.4) is 0 Å². The standard InChI is InChI=1S/C23H26N4O/c24-17-22(23(28)25-12-11-20-7-3-1-4-8-20)19-27-15-13-26(14-16-27)18-21-9-5-2-6-10-21/h1-10,19H,11-16,18H2,(H,25,28)/p+1/b22-19+. The van der Waals surface area contributed by atoms with E-state index in [1.54, 1.807) is 6.20 Å². The minimum Gasteiger partial charge on any atom is -0.365 e. The van der Waals surface area contributed by atoms with Crippen LogP contribution >= 0.6 is 0 Å². The Hall–Kier alpha value is -3.10. The van der Waals surface area contributed by atoms with E-state index in [0.717, 1.165) is 39.1 Å². The molecule has 0 aliphatic carbocycles. The van der Waals surface area contributed by atoms with Gasteiger partial charge in [0.1, 0.15) is 18.2 Å². The molecule has 2 N–H and O–H groups in total. The summed E-state index contributed by atoms with van der Waals surface area (Å²) < 4.78 is 0. The molecule has 1 heterocycles. The third-order valence-electron chi connectivity index (χ3n) is 5.02. The molecule has 0 radical (unpaired) electrons. The van der Waals surface area contributed by atoms with Gasteiger partial charge in [0.25, 0.3) is 5.91 Å². The van der Waals surface area contributed by atoms with Gasteiger partial charge in [-0.05, 0) is 12.0 Å². The van der Waals surface area contributed by atoms with E-state index < -0.39 is 0 Å². The first-order valence-electron chi connectivity index (χ1n) is 9.80. The Morgan fingerprint density at radius 1 is 1.04 bits per heavy atom. The zero-order valence-corrected chi connectivity index (χ0v) is 16.1. The summed E-state index contributed by atoms with van der Waals surface area (Å²) in [5.41, 5.74) is 2.69. The van der Waals surface area contributed by atoms with Gasteiger partial charge in [-0.25, -0.2) is 0 Å². The molecule has 1 aliphatic heterocycles. The minimum absolute atomic E-state index is 0.180. The van der Waals surface area contributed by atoms with E-state index in [1.165, 1.54) is 16.0 Å². The Bertz CT molecular complexity index is 819. The maximum absolute atomic E-state index is 12.3. The normalized spacial score (nSPS) is 15.1. The van der Waals surface area contributed by atoms with Crippen LogP contribution < -0.4 is 10.2 Å². The van der Waals surface area contributed by atoms with E-state index in [2.05, 4.69) is 34.5 Å². The highest BCUT2D eigenvalue weighted by atomic mass is 16.1. The molecule has 28 heavy (non-hydrogen) atoms. The number of nitrogens with one attached hydrogen (secondary N) is 2. The third kappa shape index (κ3) is 5.97. The first-order chi connectivity index (χ1) is 13.7. The monoisotopic (exact) mass is 375 g/mol. The maximum Gasteiger partial charge on any atom is 0.263 e. The molecule has 1 fully saturated rings. The second-order valence-electron chi connectivity index (χ2n) is 7.09. The summed E-state index contributed by atoms with van der Waals surface area (Å²) in [6.07, 6.45) is 2.48. The Morgan fingerprint density at radius 2 is 1.64 bits per heavy atom. The molecular weight excluding hydrogens is 348 g/mol. The number of nitrogens with zero attached hydrogens (tertiary/aromatic N) is 2. The van der Waals surface area contributed by atoms with Crippen molar-refractivity contribution in [1.29, 1.82) is 5.26 Å². The fourth-order valence-electron chi connectivity index (χ4n) is 3.41. The van der Waals surface area contributed by atoms with Crippen LogP contribution in [0, 0.1) is 11.3 Å². The van der Waals surface area contributed by atoms with E-state index >= 15 is 0 Å². The smallest absolute Gasteiger partial charge is 0.263 e. The van der Waals surface area contributed by atoms with Crippen molar-refractivity contribution in [2.24, 2.45) is 0 Å². The summed E-state index contributed by atoms with van der Waals surface area (Å²) in [6.45, 7) is 5.25. The Kier molecular flexibility index (Phi) is 7.22. The molecule has 2 aromatic rings. The number of piperazine rings is 1. The molecule has 0 unspecified atom stereocenters. The van der Waals surface area contributed by atoms with Crippen LogP contribution in [-0.4, -0.2) is 43.5 Å². The number of quaternary nitrogens is 1. The first-order valence-corrected chi connectivity index (χ1v) is 9.80. The molecular formula is C23H27N4O+. The minimum atomic E-state index is -0.294. The first kappa shape index (κ1) is 19.7. The number of rotatable bonds is 7. The zero-order chi connectivity index (χ0) is 19.6. The number of nitriles is 1. The van der Waals surface area contributed by atoms with Crippen LogP contribution in [0.2, 0.25) is 0 Å². The number of amides is 1. The molecule has 1 saturated heterocycles. The largest absolute Gasteiger partial charge is 0.365 e. The van der Waals surface area contributed by atoms with Crippen LogP contribution in [0.5, 0.6) is 0 Å². The molecule has 3 rings (SSSR count). The van der Waals surface area contributed by atoms with Crippen molar-refractivity contribution >= 4 is 5.91 Å². The van der Waals surface area contributed by atoms with Crippen molar-refractivity contribution in [1.82, 2.24) is 10.2 Å². The van der Waals surface area contributed by atoms with Crippen molar-refractivity contribution < 1.29 is 9.69 Å². The van der Waals surface area contributed by atoms with Crippen LogP contribution in [0.1, 0.15) is 11.1 Å². The van der Waals surface area contributed by atoms with E-state index in [4.69, 9.17) is 0 Å². The van der Waals surface area contributed by atoms with Gasteiger partial charge in [0.2, 0.25) is 0 Å². The zero-order valence-electron chi connectivity index (χ0n) is 16.1. The molecule has 0 bridgehead atoms. The van der Waals surface area contributed by atoms with Gasteiger partial charge in [0.15, 0.2) is 0 Å². The van der Waals surface area contributed by atoms with Crippen LogP contribution in [-0.2, 0) is 17.8 Å². The molecule has 0 spiro atoms. The molecule has 0 aromatic heterocycles. The Morgan fingerprint density at radius 3 is 2.25 bits per heavy atom. The fraction of sp³-hybridized carbons (Fsp3) is 0.304. The summed E-state index contributed by atoms with van der Waals surface area (Å²) in [4.78, 5) is 15.9. The second-order valence-corrected chi connectivity index (χ2v) is 7.09. The van der Waals surface area contributed by atoms with Gasteiger partial charge in [0, 0.05) is 18.3 Å². The van der Waals surface area contributed by atoms with Gasteiger partial charge in [-0.1, -0.05) is 60.7 Å². The fourth-order valence-corrected chi connectivity index (χ4v) is 3.41. The van der Waals surface area contributed by atoms with Crippen LogP contribution in [0.4, 0.5) is 0 Å². The van der Waals surface area contributed by atoms with Gasteiger partial charge in [-0.3, -0.25) is 4.79 Å². The topological polar surface area (TPSA) is 60.6 Å². The summed E-state index contributed by atoms with van der Waals surface area (Å²) in [6, 6.07) is 22.6. The quantitative estimate of drug-likeness (QED) is 0.564. The van der Waals surface area contributed by atoms with Crippen molar-refractivity contribution in [3.8, 4) is 6.07 Å². The molecule has 1 aliphatic rings. The lowest BCUT2D eigenvalue weighted by molar-refractivity contribution is -0.917. The van der Waals surface area contributed by atoms with E-state index in [0.29, 0.717) is 6.54 Å². The number of benzene rings is 2. The van der Waals surface area contributed by atoms with Crippen LogP contribution in [0.25, 0.3) is 0 Å². The molecule has 5 heteroatoms. The van der Waals surface area contributed by atoms with Crippen molar-refractivity contribution in [3.05, 3.63) is 83.6 Å². The number of hydrogen-bond acceptors (Lipinski definition) is 3. The van der Waals surface area contributed by atoms with Gasteiger partial charge in [0.05, 0.1) is 26.2 Å². The average molecular weight is 375 g/mol. The van der Waals surface area contributed by atoms with E-state index in [1.807, 2.05) is 42.5 Å². The van der Waals surface area contributed by atoms with Gasteiger partial charge in [-0.2, -0.15) is 5.26 Å². The molecule has 5 nitrogen and oxygen atoms in total. The van der Waals surface area contributed by atoms with Crippen LogP contribution in [0.15, 0.2) is 72.4 Å². The lowest BCUT2D eigenvalue weighted by atomic mass is 10.1. The number of carbonyl (C=O) groups is 1. The van der Waals surface area contributed by atoms with Crippen molar-refractivity contribution in [2.75, 3.05) is 32.7 Å². The lowest BCUT2D eigenvalue weighted by Crippen LogP contribution is -3.13. The van der Waals surface area contributed by atoms with Crippen molar-refractivity contribution in [2.45, 2.75) is 13.0 Å². The predicted molar refractivity (Wildman–Crippen MR) is 109 cm³/mol. The second kappa shape index (κ2) is 10.3. The Labute approximate surface area is 166 Å². The van der Waals surface area contributed by atoms with Gasteiger partial charge in [-0.15, -0.1) is 0 Å². The SMILES string of the molecule is N#C/C(=C\N1CC[NH+](Cc2ccccc2)CC1)C(=O)NCCc1ccccc1.